The number of benzene rings is 1. The van der Waals surface area contributed by atoms with Crippen LogP contribution in [0.25, 0.3) is 0 Å². The standard InChI is InChI=1S/C8H7BrF2O3S/c9-5-15(12,13)7-4-2-1-3-6(7)14-8(10)11/h1-4,8H,5H2. The average Bonchev–Trinajstić information content (AvgIpc) is 2.17. The number of rotatable bonds is 4. The normalized spacial score (nSPS) is 11.7. The molecule has 1 aromatic rings. The molecule has 3 nitrogen and oxygen atoms in total. The van der Waals surface area contributed by atoms with Crippen molar-refractivity contribution in [3.05, 3.63) is 24.3 Å². The van der Waals surface area contributed by atoms with E-state index in [2.05, 4.69) is 20.7 Å². The Morgan fingerprint density at radius 2 is 1.93 bits per heavy atom. The summed E-state index contributed by atoms with van der Waals surface area (Å²) in [6, 6.07) is 5.26. The summed E-state index contributed by atoms with van der Waals surface area (Å²) in [6.45, 7) is -3.04. The van der Waals surface area contributed by atoms with Gasteiger partial charge >= 0.3 is 6.61 Å². The lowest BCUT2D eigenvalue weighted by Crippen LogP contribution is -2.08. The van der Waals surface area contributed by atoms with Gasteiger partial charge in [-0.25, -0.2) is 8.42 Å². The highest BCUT2D eigenvalue weighted by molar-refractivity contribution is 9.10. The van der Waals surface area contributed by atoms with E-state index < -0.39 is 16.4 Å². The van der Waals surface area contributed by atoms with Gasteiger partial charge in [0, 0.05) is 0 Å². The quantitative estimate of drug-likeness (QED) is 0.802. The van der Waals surface area contributed by atoms with Crippen LogP contribution >= 0.6 is 15.9 Å². The van der Waals surface area contributed by atoms with Gasteiger partial charge in [0.1, 0.15) is 15.3 Å². The number of hydrogen-bond donors (Lipinski definition) is 0. The molecular formula is C8H7BrF2O3S. The zero-order chi connectivity index (χ0) is 11.5. The van der Waals surface area contributed by atoms with Crippen molar-refractivity contribution in [1.29, 1.82) is 0 Å². The molecular weight excluding hydrogens is 294 g/mol. The molecule has 0 atom stereocenters. The highest BCUT2D eigenvalue weighted by atomic mass is 79.9. The first-order valence-corrected chi connectivity index (χ1v) is 6.57. The second-order valence-electron chi connectivity index (χ2n) is 2.55. The Kier molecular flexibility index (Phi) is 4.04. The summed E-state index contributed by atoms with van der Waals surface area (Å²) in [5.74, 6) is -0.341. The zero-order valence-electron chi connectivity index (χ0n) is 7.36. The SMILES string of the molecule is O=S(=O)(CBr)c1ccccc1OC(F)F. The van der Waals surface area contributed by atoms with E-state index in [1.54, 1.807) is 0 Å². The topological polar surface area (TPSA) is 43.4 Å². The van der Waals surface area contributed by atoms with Gasteiger partial charge in [-0.05, 0) is 12.1 Å². The highest BCUT2D eigenvalue weighted by Crippen LogP contribution is 2.26. The molecule has 0 aliphatic rings. The fourth-order valence-corrected chi connectivity index (χ4v) is 2.53. The molecule has 0 radical (unpaired) electrons. The van der Waals surface area contributed by atoms with Crippen LogP contribution in [0.15, 0.2) is 29.2 Å². The number of alkyl halides is 3. The van der Waals surface area contributed by atoms with E-state index >= 15 is 0 Å². The molecule has 15 heavy (non-hydrogen) atoms. The molecule has 0 amide bonds. The maximum atomic E-state index is 12.0. The molecule has 0 unspecified atom stereocenters. The first-order valence-electron chi connectivity index (χ1n) is 3.80. The molecule has 0 saturated heterocycles. The smallest absolute Gasteiger partial charge is 0.387 e. The summed E-state index contributed by atoms with van der Waals surface area (Å²) in [7, 11) is -3.62. The summed E-state index contributed by atoms with van der Waals surface area (Å²) in [4.78, 5) is -0.248. The van der Waals surface area contributed by atoms with Gasteiger partial charge in [0.15, 0.2) is 9.84 Å². The lowest BCUT2D eigenvalue weighted by atomic mass is 10.3. The Morgan fingerprint density at radius 3 is 2.47 bits per heavy atom. The van der Waals surface area contributed by atoms with E-state index in [1.807, 2.05) is 0 Å². The minimum atomic E-state index is -3.62. The molecule has 1 aromatic carbocycles. The number of ether oxygens (including phenoxy) is 1. The number of para-hydroxylation sites is 1. The molecule has 0 aromatic heterocycles. The van der Waals surface area contributed by atoms with Gasteiger partial charge in [-0.2, -0.15) is 8.78 Å². The molecule has 0 bridgehead atoms. The van der Waals surface area contributed by atoms with Gasteiger partial charge in [0.05, 0.1) is 0 Å². The van der Waals surface area contributed by atoms with Crippen LogP contribution in [0.2, 0.25) is 0 Å². The number of halogens is 3. The lowest BCUT2D eigenvalue weighted by molar-refractivity contribution is -0.0517. The number of hydrogen-bond acceptors (Lipinski definition) is 3. The monoisotopic (exact) mass is 300 g/mol. The summed E-state index contributed by atoms with van der Waals surface area (Å²) >= 11 is 2.78. The predicted molar refractivity (Wildman–Crippen MR) is 54.1 cm³/mol. The fourth-order valence-electron chi connectivity index (χ4n) is 0.959. The molecule has 0 N–H and O–H groups in total. The van der Waals surface area contributed by atoms with Gasteiger partial charge in [-0.1, -0.05) is 28.1 Å². The highest BCUT2D eigenvalue weighted by Gasteiger charge is 2.19. The van der Waals surface area contributed by atoms with Crippen LogP contribution in [0, 0.1) is 0 Å². The molecule has 0 fully saturated rings. The molecule has 7 heteroatoms. The molecule has 84 valence electrons. The van der Waals surface area contributed by atoms with Crippen molar-refractivity contribution in [2.24, 2.45) is 0 Å². The van der Waals surface area contributed by atoms with Gasteiger partial charge in [0.25, 0.3) is 0 Å². The van der Waals surface area contributed by atoms with E-state index in [9.17, 15) is 17.2 Å². The largest absolute Gasteiger partial charge is 0.433 e. The molecule has 0 aliphatic carbocycles. The van der Waals surface area contributed by atoms with E-state index in [0.29, 0.717) is 0 Å². The third-order valence-corrected chi connectivity index (χ3v) is 4.65. The van der Waals surface area contributed by atoms with Gasteiger partial charge in [-0.15, -0.1) is 0 Å². The van der Waals surface area contributed by atoms with Crippen LogP contribution in [-0.2, 0) is 9.84 Å². The maximum absolute atomic E-state index is 12.0. The first-order chi connectivity index (χ1) is 6.97. The second kappa shape index (κ2) is 4.89. The third kappa shape index (κ3) is 3.13. The van der Waals surface area contributed by atoms with Crippen molar-refractivity contribution in [3.8, 4) is 5.75 Å². The van der Waals surface area contributed by atoms with E-state index in [-0.39, 0.29) is 15.3 Å². The van der Waals surface area contributed by atoms with E-state index in [1.165, 1.54) is 24.3 Å². The Bertz CT molecular complexity index is 433. The van der Waals surface area contributed by atoms with Gasteiger partial charge in [-0.3, -0.25) is 0 Å². The van der Waals surface area contributed by atoms with Crippen molar-refractivity contribution in [3.63, 3.8) is 0 Å². The molecule has 1 rings (SSSR count). The Labute approximate surface area is 94.1 Å². The Morgan fingerprint density at radius 1 is 1.33 bits per heavy atom. The minimum Gasteiger partial charge on any atom is -0.433 e. The molecule has 0 saturated carbocycles. The van der Waals surface area contributed by atoms with Crippen LogP contribution < -0.4 is 4.74 Å². The maximum Gasteiger partial charge on any atom is 0.387 e. The number of sulfone groups is 1. The van der Waals surface area contributed by atoms with Crippen LogP contribution in [0.4, 0.5) is 8.78 Å². The molecule has 0 aliphatic heterocycles. The van der Waals surface area contributed by atoms with Crippen LogP contribution in [0.3, 0.4) is 0 Å². The van der Waals surface area contributed by atoms with Crippen molar-refractivity contribution in [1.82, 2.24) is 0 Å². The third-order valence-electron chi connectivity index (χ3n) is 1.54. The lowest BCUT2D eigenvalue weighted by Gasteiger charge is -2.09. The van der Waals surface area contributed by atoms with Crippen LogP contribution in [0.5, 0.6) is 5.75 Å². The van der Waals surface area contributed by atoms with Crippen molar-refractivity contribution in [2.75, 3.05) is 4.66 Å². The Balaban J connectivity index is 3.18. The minimum absolute atomic E-state index is 0.248. The average molecular weight is 301 g/mol. The predicted octanol–water partition coefficient (Wildman–Crippen LogP) is 2.41. The van der Waals surface area contributed by atoms with Crippen molar-refractivity contribution < 1.29 is 21.9 Å². The second-order valence-corrected chi connectivity index (χ2v) is 5.81. The van der Waals surface area contributed by atoms with Gasteiger partial charge < -0.3 is 4.74 Å². The first kappa shape index (κ1) is 12.4. The van der Waals surface area contributed by atoms with Crippen LogP contribution in [-0.4, -0.2) is 19.7 Å². The van der Waals surface area contributed by atoms with E-state index in [0.717, 1.165) is 0 Å². The zero-order valence-corrected chi connectivity index (χ0v) is 9.76. The van der Waals surface area contributed by atoms with Crippen LogP contribution in [0.1, 0.15) is 0 Å². The molecule has 0 heterocycles. The Hall–Kier alpha value is -0.690. The van der Waals surface area contributed by atoms with Crippen molar-refractivity contribution in [2.45, 2.75) is 11.5 Å². The summed E-state index contributed by atoms with van der Waals surface area (Å²) in [5.41, 5.74) is 0. The van der Waals surface area contributed by atoms with E-state index in [4.69, 9.17) is 0 Å². The summed E-state index contributed by atoms with van der Waals surface area (Å²) < 4.78 is 50.5. The summed E-state index contributed by atoms with van der Waals surface area (Å²) in [5, 5.41) is 0. The summed E-state index contributed by atoms with van der Waals surface area (Å²) in [6.07, 6.45) is 0. The molecule has 0 spiro atoms. The van der Waals surface area contributed by atoms with Gasteiger partial charge in [0.2, 0.25) is 0 Å². The van der Waals surface area contributed by atoms with Crippen molar-refractivity contribution >= 4 is 25.8 Å². The fraction of sp³-hybridized carbons (Fsp3) is 0.250.